The molecular formula is C20H22N2O6S. The molecule has 3 aromatic rings. The van der Waals surface area contributed by atoms with Crippen molar-refractivity contribution >= 4 is 26.8 Å². The first-order valence-corrected chi connectivity index (χ1v) is 10.4. The van der Waals surface area contributed by atoms with Gasteiger partial charge in [0.05, 0.1) is 13.2 Å². The lowest BCUT2D eigenvalue weighted by atomic mass is 10.1. The van der Waals surface area contributed by atoms with Gasteiger partial charge < -0.3 is 13.9 Å². The van der Waals surface area contributed by atoms with Gasteiger partial charge in [-0.15, -0.1) is 0 Å². The van der Waals surface area contributed by atoms with E-state index in [9.17, 15) is 13.2 Å². The van der Waals surface area contributed by atoms with Gasteiger partial charge in [-0.3, -0.25) is 4.98 Å². The number of rotatable bonds is 7. The summed E-state index contributed by atoms with van der Waals surface area (Å²) in [5.41, 5.74) is -0.104. The van der Waals surface area contributed by atoms with Crippen LogP contribution < -0.4 is 9.46 Å². The van der Waals surface area contributed by atoms with Crippen molar-refractivity contribution in [3.05, 3.63) is 53.7 Å². The summed E-state index contributed by atoms with van der Waals surface area (Å²) in [5, 5.41) is 1.80. The molecule has 0 aliphatic rings. The van der Waals surface area contributed by atoms with Crippen molar-refractivity contribution < 1.29 is 27.1 Å². The van der Waals surface area contributed by atoms with Crippen LogP contribution in [0.2, 0.25) is 0 Å². The molecule has 1 N–H and O–H groups in total. The van der Waals surface area contributed by atoms with Gasteiger partial charge in [-0.05, 0) is 32.9 Å². The van der Waals surface area contributed by atoms with Crippen LogP contribution in [-0.4, -0.2) is 39.1 Å². The molecule has 154 valence electrons. The standard InChI is InChI=1S/C20H22N2O6S/c1-12(11-27-17-7-5-6-15-10-21-9-8-16(15)17)22-29(24,25)19-14(3)28-13(2)18(19)20(23)26-4/h5-10,12,22H,11H2,1-4H3/t12-/m0/s1. The Balaban J connectivity index is 1.78. The molecule has 2 aromatic heterocycles. The lowest BCUT2D eigenvalue weighted by Crippen LogP contribution is -2.37. The van der Waals surface area contributed by atoms with Crippen LogP contribution in [0.15, 0.2) is 46.0 Å². The Labute approximate surface area is 168 Å². The SMILES string of the molecule is COC(=O)c1c(C)oc(C)c1S(=O)(=O)N[C@@H](C)COc1cccc2cnccc12. The third-order valence-electron chi connectivity index (χ3n) is 4.35. The van der Waals surface area contributed by atoms with Crippen LogP contribution in [0.4, 0.5) is 0 Å². The number of carbonyl (C=O) groups excluding carboxylic acids is 1. The fourth-order valence-corrected chi connectivity index (χ4v) is 4.75. The monoisotopic (exact) mass is 418 g/mol. The first-order valence-electron chi connectivity index (χ1n) is 8.90. The number of benzene rings is 1. The highest BCUT2D eigenvalue weighted by Crippen LogP contribution is 2.28. The van der Waals surface area contributed by atoms with Crippen molar-refractivity contribution in [2.45, 2.75) is 31.7 Å². The molecule has 0 aliphatic heterocycles. The van der Waals surface area contributed by atoms with Crippen LogP contribution in [0.1, 0.15) is 28.8 Å². The smallest absolute Gasteiger partial charge is 0.342 e. The van der Waals surface area contributed by atoms with E-state index in [1.165, 1.54) is 21.0 Å². The number of esters is 1. The molecule has 0 spiro atoms. The van der Waals surface area contributed by atoms with Crippen molar-refractivity contribution in [2.24, 2.45) is 0 Å². The Kier molecular flexibility index (Phi) is 5.90. The number of carbonyl (C=O) groups is 1. The van der Waals surface area contributed by atoms with E-state index >= 15 is 0 Å². The van der Waals surface area contributed by atoms with Crippen LogP contribution >= 0.6 is 0 Å². The minimum atomic E-state index is -4.04. The highest BCUT2D eigenvalue weighted by atomic mass is 32.2. The fourth-order valence-electron chi connectivity index (χ4n) is 3.12. The first-order chi connectivity index (χ1) is 13.7. The van der Waals surface area contributed by atoms with E-state index in [0.717, 1.165) is 10.8 Å². The van der Waals surface area contributed by atoms with Gasteiger partial charge in [0.15, 0.2) is 0 Å². The Morgan fingerprint density at radius 2 is 2.00 bits per heavy atom. The van der Waals surface area contributed by atoms with Gasteiger partial charge in [0.1, 0.15) is 34.3 Å². The van der Waals surface area contributed by atoms with Crippen LogP contribution in [0.25, 0.3) is 10.8 Å². The highest BCUT2D eigenvalue weighted by molar-refractivity contribution is 7.89. The Morgan fingerprint density at radius 3 is 2.72 bits per heavy atom. The lowest BCUT2D eigenvalue weighted by molar-refractivity contribution is 0.0595. The van der Waals surface area contributed by atoms with E-state index in [1.807, 2.05) is 24.3 Å². The van der Waals surface area contributed by atoms with E-state index in [1.54, 1.807) is 19.3 Å². The van der Waals surface area contributed by atoms with Crippen molar-refractivity contribution in [1.82, 2.24) is 9.71 Å². The average Bonchev–Trinajstić information content (AvgIpc) is 3.00. The second-order valence-corrected chi connectivity index (χ2v) is 8.25. The van der Waals surface area contributed by atoms with Crippen molar-refractivity contribution in [3.8, 4) is 5.75 Å². The molecule has 0 aliphatic carbocycles. The van der Waals surface area contributed by atoms with E-state index < -0.39 is 22.0 Å². The van der Waals surface area contributed by atoms with Crippen LogP contribution in [0, 0.1) is 13.8 Å². The molecule has 0 fully saturated rings. The molecule has 0 amide bonds. The number of sulfonamides is 1. The van der Waals surface area contributed by atoms with E-state index in [4.69, 9.17) is 13.9 Å². The molecule has 0 bridgehead atoms. The molecule has 3 rings (SSSR count). The van der Waals surface area contributed by atoms with Gasteiger partial charge in [0.2, 0.25) is 10.0 Å². The lowest BCUT2D eigenvalue weighted by Gasteiger charge is -2.16. The third kappa shape index (κ3) is 4.25. The Morgan fingerprint density at radius 1 is 1.24 bits per heavy atom. The summed E-state index contributed by atoms with van der Waals surface area (Å²) in [6.45, 7) is 4.76. The molecule has 1 aromatic carbocycles. The molecule has 1 atom stereocenters. The fraction of sp³-hybridized carbons (Fsp3) is 0.300. The van der Waals surface area contributed by atoms with Gasteiger partial charge in [-0.2, -0.15) is 0 Å². The van der Waals surface area contributed by atoms with Gasteiger partial charge in [-0.1, -0.05) is 12.1 Å². The summed E-state index contributed by atoms with van der Waals surface area (Å²) < 4.78 is 44.2. The summed E-state index contributed by atoms with van der Waals surface area (Å²) in [6, 6.07) is 6.83. The van der Waals surface area contributed by atoms with Gasteiger partial charge >= 0.3 is 5.97 Å². The molecule has 29 heavy (non-hydrogen) atoms. The molecule has 9 heteroatoms. The normalized spacial score (nSPS) is 12.7. The van der Waals surface area contributed by atoms with Gasteiger partial charge in [0.25, 0.3) is 0 Å². The maximum absolute atomic E-state index is 12.9. The van der Waals surface area contributed by atoms with Crippen molar-refractivity contribution in [2.75, 3.05) is 13.7 Å². The number of pyridine rings is 1. The third-order valence-corrected chi connectivity index (χ3v) is 6.09. The predicted molar refractivity (Wildman–Crippen MR) is 107 cm³/mol. The zero-order chi connectivity index (χ0) is 21.2. The number of aryl methyl sites for hydroxylation is 2. The first kappa shape index (κ1) is 20.8. The van der Waals surface area contributed by atoms with Crippen LogP contribution in [-0.2, 0) is 14.8 Å². The quantitative estimate of drug-likeness (QED) is 0.588. The average molecular weight is 418 g/mol. The van der Waals surface area contributed by atoms with E-state index in [-0.39, 0.29) is 28.6 Å². The predicted octanol–water partition coefficient (Wildman–Crippen LogP) is 2.98. The van der Waals surface area contributed by atoms with E-state index in [0.29, 0.717) is 5.75 Å². The molecule has 2 heterocycles. The number of hydrogen-bond donors (Lipinski definition) is 1. The summed E-state index contributed by atoms with van der Waals surface area (Å²) in [5.74, 6) is 0.155. The highest BCUT2D eigenvalue weighted by Gasteiger charge is 2.32. The minimum absolute atomic E-state index is 0.0874. The van der Waals surface area contributed by atoms with Gasteiger partial charge in [-0.25, -0.2) is 17.9 Å². The van der Waals surface area contributed by atoms with Crippen LogP contribution in [0.5, 0.6) is 5.75 Å². The number of hydrogen-bond acceptors (Lipinski definition) is 7. The second-order valence-electron chi connectivity index (χ2n) is 6.60. The maximum atomic E-state index is 12.9. The summed E-state index contributed by atoms with van der Waals surface area (Å²) in [4.78, 5) is 15.9. The van der Waals surface area contributed by atoms with Crippen molar-refractivity contribution in [3.63, 3.8) is 0 Å². The molecule has 0 saturated heterocycles. The second kappa shape index (κ2) is 8.22. The summed E-state index contributed by atoms with van der Waals surface area (Å²) >= 11 is 0. The number of ether oxygens (including phenoxy) is 2. The van der Waals surface area contributed by atoms with E-state index in [2.05, 4.69) is 9.71 Å². The molecule has 0 saturated carbocycles. The summed E-state index contributed by atoms with van der Waals surface area (Å²) in [6.07, 6.45) is 3.40. The molecule has 8 nitrogen and oxygen atoms in total. The zero-order valence-electron chi connectivity index (χ0n) is 16.6. The summed E-state index contributed by atoms with van der Waals surface area (Å²) in [7, 11) is -2.85. The minimum Gasteiger partial charge on any atom is -0.491 e. The number of methoxy groups -OCH3 is 1. The van der Waals surface area contributed by atoms with Crippen molar-refractivity contribution in [1.29, 1.82) is 0 Å². The number of furan rings is 1. The largest absolute Gasteiger partial charge is 0.491 e. The molecule has 0 radical (unpaired) electrons. The number of nitrogens with one attached hydrogen (secondary N) is 1. The zero-order valence-corrected chi connectivity index (χ0v) is 17.4. The Bertz CT molecular complexity index is 1150. The topological polar surface area (TPSA) is 108 Å². The maximum Gasteiger partial charge on any atom is 0.342 e. The number of nitrogens with zero attached hydrogens (tertiary/aromatic N) is 1. The molecular weight excluding hydrogens is 396 g/mol. The number of aromatic nitrogens is 1. The van der Waals surface area contributed by atoms with Gasteiger partial charge in [0, 0.05) is 23.2 Å². The number of fused-ring (bicyclic) bond motifs is 1. The Hall–Kier alpha value is -2.91. The van der Waals surface area contributed by atoms with Crippen LogP contribution in [0.3, 0.4) is 0 Å². The molecule has 0 unspecified atom stereocenters.